The van der Waals surface area contributed by atoms with E-state index in [1.165, 1.54) is 12.0 Å². The van der Waals surface area contributed by atoms with Gasteiger partial charge in [0.1, 0.15) is 0 Å². The zero-order valence-corrected chi connectivity index (χ0v) is 19.4. The van der Waals surface area contributed by atoms with Gasteiger partial charge in [0, 0.05) is 52.5 Å². The van der Waals surface area contributed by atoms with Crippen molar-refractivity contribution in [3.05, 3.63) is 29.6 Å². The van der Waals surface area contributed by atoms with Crippen LogP contribution in [0.2, 0.25) is 0 Å². The normalized spacial score (nSPS) is 18.6. The van der Waals surface area contributed by atoms with E-state index in [2.05, 4.69) is 38.1 Å². The summed E-state index contributed by atoms with van der Waals surface area (Å²) in [6.07, 6.45) is 5.38. The van der Waals surface area contributed by atoms with Crippen molar-refractivity contribution in [3.63, 3.8) is 0 Å². The first-order valence-corrected chi connectivity index (χ1v) is 10.0. The molecular weight excluding hydrogens is 467 g/mol. The van der Waals surface area contributed by atoms with Gasteiger partial charge in [0.2, 0.25) is 5.91 Å². The van der Waals surface area contributed by atoms with Gasteiger partial charge in [-0.15, -0.1) is 24.0 Å². The highest BCUT2D eigenvalue weighted by Crippen LogP contribution is 2.10. The fourth-order valence-electron chi connectivity index (χ4n) is 3.75. The molecule has 2 saturated heterocycles. The standard InChI is InChI=1S/C20H32N6O.HI/c1-17-7-6-8-22-18(17)15-23-20(21-2)26-13-11-24(12-14-26)16-19(27)25-9-4-3-5-10-25;/h6-8H,3-5,9-16H2,1-2H3,(H,21,23);1H. The van der Waals surface area contributed by atoms with E-state index in [-0.39, 0.29) is 29.9 Å². The number of likely N-dealkylation sites (tertiary alicyclic amines) is 1. The molecule has 0 radical (unpaired) electrons. The molecule has 7 nitrogen and oxygen atoms in total. The minimum absolute atomic E-state index is 0. The highest BCUT2D eigenvalue weighted by molar-refractivity contribution is 14.0. The number of aromatic nitrogens is 1. The number of amides is 1. The van der Waals surface area contributed by atoms with Gasteiger partial charge in [-0.25, -0.2) is 0 Å². The summed E-state index contributed by atoms with van der Waals surface area (Å²) in [5, 5.41) is 3.42. The molecule has 8 heteroatoms. The lowest BCUT2D eigenvalue weighted by molar-refractivity contribution is -0.133. The number of aliphatic imine (C=N–C) groups is 1. The Balaban J connectivity index is 0.00000280. The molecule has 2 fully saturated rings. The number of nitrogens with one attached hydrogen (secondary N) is 1. The Morgan fingerprint density at radius 1 is 1.11 bits per heavy atom. The summed E-state index contributed by atoms with van der Waals surface area (Å²) in [5.74, 6) is 1.19. The Bertz CT molecular complexity index is 654. The van der Waals surface area contributed by atoms with Gasteiger partial charge in [0.15, 0.2) is 5.96 Å². The largest absolute Gasteiger partial charge is 0.351 e. The van der Waals surface area contributed by atoms with Crippen LogP contribution in [-0.4, -0.2) is 84.4 Å². The van der Waals surface area contributed by atoms with E-state index in [0.29, 0.717) is 13.1 Å². The Morgan fingerprint density at radius 2 is 1.82 bits per heavy atom. The Hall–Kier alpha value is -1.42. The van der Waals surface area contributed by atoms with Gasteiger partial charge in [-0.1, -0.05) is 6.07 Å². The van der Waals surface area contributed by atoms with Crippen LogP contribution in [-0.2, 0) is 11.3 Å². The number of halogens is 1. The molecule has 3 rings (SSSR count). The lowest BCUT2D eigenvalue weighted by Gasteiger charge is -2.37. The van der Waals surface area contributed by atoms with Crippen molar-refractivity contribution in [1.29, 1.82) is 0 Å². The van der Waals surface area contributed by atoms with Crippen LogP contribution in [0, 0.1) is 6.92 Å². The van der Waals surface area contributed by atoms with Crippen LogP contribution in [0.1, 0.15) is 30.5 Å². The fourth-order valence-corrected chi connectivity index (χ4v) is 3.75. The Labute approximate surface area is 185 Å². The number of rotatable bonds is 4. The Morgan fingerprint density at radius 3 is 2.46 bits per heavy atom. The van der Waals surface area contributed by atoms with E-state index in [9.17, 15) is 4.79 Å². The molecular formula is C20H33IN6O. The number of pyridine rings is 1. The van der Waals surface area contributed by atoms with Crippen LogP contribution >= 0.6 is 24.0 Å². The van der Waals surface area contributed by atoms with Crippen molar-refractivity contribution < 1.29 is 4.79 Å². The molecule has 28 heavy (non-hydrogen) atoms. The third-order valence-corrected chi connectivity index (χ3v) is 5.48. The zero-order valence-electron chi connectivity index (χ0n) is 17.1. The number of aryl methyl sites for hydroxylation is 1. The van der Waals surface area contributed by atoms with Crippen LogP contribution in [0.4, 0.5) is 0 Å². The number of hydrogen-bond acceptors (Lipinski definition) is 4. The second-order valence-electron chi connectivity index (χ2n) is 7.37. The maximum absolute atomic E-state index is 12.5. The predicted molar refractivity (Wildman–Crippen MR) is 123 cm³/mol. The third kappa shape index (κ3) is 6.30. The summed E-state index contributed by atoms with van der Waals surface area (Å²) in [6, 6.07) is 4.03. The van der Waals surface area contributed by atoms with Gasteiger partial charge >= 0.3 is 0 Å². The van der Waals surface area contributed by atoms with E-state index >= 15 is 0 Å². The number of nitrogens with zero attached hydrogens (tertiary/aromatic N) is 5. The van der Waals surface area contributed by atoms with E-state index < -0.39 is 0 Å². The highest BCUT2D eigenvalue weighted by atomic mass is 127. The minimum Gasteiger partial charge on any atom is -0.351 e. The topological polar surface area (TPSA) is 64.1 Å². The zero-order chi connectivity index (χ0) is 19.1. The quantitative estimate of drug-likeness (QED) is 0.388. The molecule has 0 aromatic carbocycles. The van der Waals surface area contributed by atoms with E-state index in [1.807, 2.05) is 24.2 Å². The molecule has 0 spiro atoms. The van der Waals surface area contributed by atoms with E-state index in [0.717, 1.165) is 63.8 Å². The number of piperazine rings is 1. The van der Waals surface area contributed by atoms with Crippen LogP contribution in [0.5, 0.6) is 0 Å². The highest BCUT2D eigenvalue weighted by Gasteiger charge is 2.24. The molecule has 156 valence electrons. The molecule has 0 unspecified atom stereocenters. The fraction of sp³-hybridized carbons (Fsp3) is 0.650. The predicted octanol–water partition coefficient (Wildman–Crippen LogP) is 1.71. The smallest absolute Gasteiger partial charge is 0.236 e. The number of guanidine groups is 1. The first kappa shape index (κ1) is 22.9. The van der Waals surface area contributed by atoms with Crippen molar-refractivity contribution in [3.8, 4) is 0 Å². The van der Waals surface area contributed by atoms with Crippen molar-refractivity contribution in [2.24, 2.45) is 4.99 Å². The minimum atomic E-state index is 0. The van der Waals surface area contributed by atoms with Crippen molar-refractivity contribution in [2.45, 2.75) is 32.7 Å². The molecule has 2 aliphatic heterocycles. The number of hydrogen-bond donors (Lipinski definition) is 1. The molecule has 3 heterocycles. The van der Waals surface area contributed by atoms with Gasteiger partial charge in [0.05, 0.1) is 18.8 Å². The molecule has 1 aromatic heterocycles. The second-order valence-corrected chi connectivity index (χ2v) is 7.37. The first-order valence-electron chi connectivity index (χ1n) is 10.0. The van der Waals surface area contributed by atoms with Gasteiger partial charge in [0.25, 0.3) is 0 Å². The summed E-state index contributed by atoms with van der Waals surface area (Å²) in [4.78, 5) is 27.9. The summed E-state index contributed by atoms with van der Waals surface area (Å²) in [5.41, 5.74) is 2.23. The molecule has 2 aliphatic rings. The van der Waals surface area contributed by atoms with Gasteiger partial charge in [-0.05, 0) is 37.8 Å². The molecule has 0 bridgehead atoms. The van der Waals surface area contributed by atoms with Gasteiger partial charge in [-0.2, -0.15) is 0 Å². The lowest BCUT2D eigenvalue weighted by Crippen LogP contribution is -2.54. The van der Waals surface area contributed by atoms with Crippen LogP contribution < -0.4 is 5.32 Å². The average molecular weight is 500 g/mol. The van der Waals surface area contributed by atoms with Gasteiger partial charge < -0.3 is 15.1 Å². The third-order valence-electron chi connectivity index (χ3n) is 5.48. The molecule has 1 aromatic rings. The average Bonchev–Trinajstić information content (AvgIpc) is 2.71. The molecule has 0 aliphatic carbocycles. The maximum Gasteiger partial charge on any atom is 0.236 e. The Kier molecular flexibility index (Phi) is 9.43. The molecule has 0 saturated carbocycles. The number of piperidine rings is 1. The summed E-state index contributed by atoms with van der Waals surface area (Å²) in [7, 11) is 1.82. The first-order chi connectivity index (χ1) is 13.2. The van der Waals surface area contributed by atoms with Crippen LogP contribution in [0.15, 0.2) is 23.3 Å². The molecule has 1 N–H and O–H groups in total. The van der Waals surface area contributed by atoms with Crippen LogP contribution in [0.25, 0.3) is 0 Å². The molecule has 1 amide bonds. The lowest BCUT2D eigenvalue weighted by atomic mass is 10.1. The van der Waals surface area contributed by atoms with Crippen molar-refractivity contribution in [2.75, 3.05) is 52.9 Å². The number of carbonyl (C=O) groups is 1. The van der Waals surface area contributed by atoms with Gasteiger partial charge in [-0.3, -0.25) is 19.7 Å². The van der Waals surface area contributed by atoms with Crippen LogP contribution in [0.3, 0.4) is 0 Å². The van der Waals surface area contributed by atoms with E-state index in [1.54, 1.807) is 0 Å². The SMILES string of the molecule is CN=C(NCc1ncccc1C)N1CCN(CC(=O)N2CCCCC2)CC1.I. The second kappa shape index (κ2) is 11.5. The number of carbonyl (C=O) groups excluding carboxylic acids is 1. The monoisotopic (exact) mass is 500 g/mol. The maximum atomic E-state index is 12.5. The summed E-state index contributed by atoms with van der Waals surface area (Å²) in [6.45, 7) is 8.71. The van der Waals surface area contributed by atoms with E-state index in [4.69, 9.17) is 0 Å². The molecule has 0 atom stereocenters. The summed E-state index contributed by atoms with van der Waals surface area (Å²) >= 11 is 0. The van der Waals surface area contributed by atoms with Crippen molar-refractivity contribution in [1.82, 2.24) is 25.0 Å². The van der Waals surface area contributed by atoms with Crippen molar-refractivity contribution >= 4 is 35.8 Å². The summed E-state index contributed by atoms with van der Waals surface area (Å²) < 4.78 is 0.